The lowest BCUT2D eigenvalue weighted by Gasteiger charge is -2.09. The first-order valence-corrected chi connectivity index (χ1v) is 6.87. The number of anilines is 3. The molecule has 0 aliphatic carbocycles. The number of hydrogen-bond donors (Lipinski definition) is 3. The normalized spacial score (nSPS) is 10.2. The van der Waals surface area contributed by atoms with Gasteiger partial charge in [-0.1, -0.05) is 0 Å². The van der Waals surface area contributed by atoms with Gasteiger partial charge >= 0.3 is 0 Å². The van der Waals surface area contributed by atoms with Crippen molar-refractivity contribution >= 4 is 17.5 Å². The van der Waals surface area contributed by atoms with Gasteiger partial charge in [0, 0.05) is 24.5 Å². The molecule has 0 amide bonds. The van der Waals surface area contributed by atoms with Gasteiger partial charge in [0.15, 0.2) is 0 Å². The second-order valence-corrected chi connectivity index (χ2v) is 4.73. The third-order valence-corrected chi connectivity index (χ3v) is 3.16. The first-order valence-electron chi connectivity index (χ1n) is 6.87. The van der Waals surface area contributed by atoms with Crippen molar-refractivity contribution in [2.24, 2.45) is 0 Å². The van der Waals surface area contributed by atoms with Crippen molar-refractivity contribution in [1.29, 1.82) is 5.26 Å². The van der Waals surface area contributed by atoms with Gasteiger partial charge < -0.3 is 10.6 Å². The fourth-order valence-electron chi connectivity index (χ4n) is 1.99. The number of aromatic nitrogens is 4. The minimum absolute atomic E-state index is 0.157. The van der Waals surface area contributed by atoms with Crippen LogP contribution in [0.2, 0.25) is 0 Å². The Morgan fingerprint density at radius 1 is 1.25 bits per heavy atom. The van der Waals surface area contributed by atoms with E-state index in [0.29, 0.717) is 17.5 Å². The highest BCUT2D eigenvalue weighted by Gasteiger charge is 2.13. The van der Waals surface area contributed by atoms with E-state index >= 15 is 0 Å². The summed E-state index contributed by atoms with van der Waals surface area (Å²) in [6.07, 6.45) is 4.68. The molecule has 0 atom stereocenters. The number of rotatable bonds is 5. The van der Waals surface area contributed by atoms with Crippen LogP contribution in [-0.4, -0.2) is 20.2 Å². The first-order chi connectivity index (χ1) is 11.7. The van der Waals surface area contributed by atoms with E-state index in [1.165, 1.54) is 6.20 Å². The number of aromatic amines is 1. The molecule has 0 aliphatic heterocycles. The van der Waals surface area contributed by atoms with Crippen molar-refractivity contribution in [2.75, 3.05) is 10.6 Å². The molecule has 0 bridgehead atoms. The monoisotopic (exact) mass is 327 g/mol. The number of nitrogens with one attached hydrogen (secondary N) is 3. The van der Waals surface area contributed by atoms with Gasteiger partial charge in [0.25, 0.3) is 0 Å². The van der Waals surface area contributed by atoms with Crippen LogP contribution in [0.4, 0.5) is 26.2 Å². The molecule has 0 saturated carbocycles. The molecule has 7 nitrogen and oxygen atoms in total. The average molecular weight is 327 g/mol. The maximum Gasteiger partial charge on any atom is 0.229 e. The number of halogens is 2. The Morgan fingerprint density at radius 3 is 2.88 bits per heavy atom. The third-order valence-electron chi connectivity index (χ3n) is 3.16. The van der Waals surface area contributed by atoms with Gasteiger partial charge in [-0.3, -0.25) is 5.10 Å². The molecule has 24 heavy (non-hydrogen) atoms. The lowest BCUT2D eigenvalue weighted by molar-refractivity contribution is 0.557. The Bertz CT molecular complexity index is 887. The highest BCUT2D eigenvalue weighted by molar-refractivity contribution is 5.52. The molecule has 2 aromatic heterocycles. The average Bonchev–Trinajstić information content (AvgIpc) is 3.08. The van der Waals surface area contributed by atoms with E-state index in [4.69, 9.17) is 5.26 Å². The van der Waals surface area contributed by atoms with Gasteiger partial charge in [-0.25, -0.2) is 13.8 Å². The summed E-state index contributed by atoms with van der Waals surface area (Å²) in [6, 6.07) is 5.40. The zero-order valence-electron chi connectivity index (χ0n) is 12.2. The zero-order chi connectivity index (χ0) is 16.9. The van der Waals surface area contributed by atoms with E-state index in [9.17, 15) is 8.78 Å². The molecule has 9 heteroatoms. The quantitative estimate of drug-likeness (QED) is 0.666. The second-order valence-electron chi connectivity index (χ2n) is 4.73. The Morgan fingerprint density at radius 2 is 2.12 bits per heavy atom. The van der Waals surface area contributed by atoms with Crippen LogP contribution in [0.25, 0.3) is 0 Å². The molecule has 120 valence electrons. The number of nitriles is 1. The molecule has 3 aromatic rings. The SMILES string of the molecule is N#Cc1ccc(F)c(CNc2ccnc(Nc3cn[nH]c3)n2)c1F. The van der Waals surface area contributed by atoms with Crippen molar-refractivity contribution in [3.63, 3.8) is 0 Å². The second kappa shape index (κ2) is 6.70. The third kappa shape index (κ3) is 3.27. The molecule has 1 aromatic carbocycles. The Hall–Kier alpha value is -3.54. The number of H-pyrrole nitrogens is 1. The summed E-state index contributed by atoms with van der Waals surface area (Å²) in [7, 11) is 0. The summed E-state index contributed by atoms with van der Waals surface area (Å²) >= 11 is 0. The lowest BCUT2D eigenvalue weighted by Crippen LogP contribution is -2.08. The standard InChI is InChI=1S/C15H11F2N7/c16-12-2-1-9(5-18)14(17)11(12)8-20-13-3-4-19-15(24-13)23-10-6-21-22-7-10/h1-4,6-7H,8H2,(H,21,22)(H2,19,20,23,24). The number of nitrogens with zero attached hydrogens (tertiary/aromatic N) is 4. The summed E-state index contributed by atoms with van der Waals surface area (Å²) in [5.74, 6) is -0.939. The molecule has 0 saturated heterocycles. The molecular weight excluding hydrogens is 316 g/mol. The fraction of sp³-hybridized carbons (Fsp3) is 0.0667. The maximum absolute atomic E-state index is 14.0. The van der Waals surface area contributed by atoms with Gasteiger partial charge in [-0.15, -0.1) is 0 Å². The molecule has 0 fully saturated rings. The number of benzene rings is 1. The van der Waals surface area contributed by atoms with Gasteiger partial charge in [0.1, 0.15) is 23.5 Å². The molecule has 0 spiro atoms. The summed E-state index contributed by atoms with van der Waals surface area (Å²) in [5.41, 5.74) is 0.237. The largest absolute Gasteiger partial charge is 0.366 e. The predicted octanol–water partition coefficient (Wildman–Crippen LogP) is 2.71. The topological polar surface area (TPSA) is 102 Å². The molecule has 0 unspecified atom stereocenters. The fourth-order valence-corrected chi connectivity index (χ4v) is 1.99. The summed E-state index contributed by atoms with van der Waals surface area (Å²) in [5, 5.41) is 21.0. The van der Waals surface area contributed by atoms with Gasteiger partial charge in [0.05, 0.1) is 17.4 Å². The van der Waals surface area contributed by atoms with Gasteiger partial charge in [-0.2, -0.15) is 15.3 Å². The molecule has 3 N–H and O–H groups in total. The number of hydrogen-bond acceptors (Lipinski definition) is 6. The van der Waals surface area contributed by atoms with Crippen molar-refractivity contribution in [2.45, 2.75) is 6.54 Å². The van der Waals surface area contributed by atoms with Crippen LogP contribution < -0.4 is 10.6 Å². The predicted molar refractivity (Wildman–Crippen MR) is 82.3 cm³/mol. The van der Waals surface area contributed by atoms with Crippen molar-refractivity contribution in [3.05, 3.63) is 59.6 Å². The van der Waals surface area contributed by atoms with E-state index in [2.05, 4.69) is 30.8 Å². The minimum Gasteiger partial charge on any atom is -0.366 e. The Balaban J connectivity index is 1.75. The summed E-state index contributed by atoms with van der Waals surface area (Å²) in [6.45, 7) is -0.157. The van der Waals surface area contributed by atoms with Crippen LogP contribution in [-0.2, 0) is 6.54 Å². The Kier molecular flexibility index (Phi) is 4.29. The first kappa shape index (κ1) is 15.4. The van der Waals surface area contributed by atoms with Crippen LogP contribution in [0, 0.1) is 23.0 Å². The van der Waals surface area contributed by atoms with Crippen molar-refractivity contribution < 1.29 is 8.78 Å². The minimum atomic E-state index is -0.879. The zero-order valence-corrected chi connectivity index (χ0v) is 12.2. The van der Waals surface area contributed by atoms with E-state index in [0.717, 1.165) is 12.1 Å². The highest BCUT2D eigenvalue weighted by Crippen LogP contribution is 2.18. The van der Waals surface area contributed by atoms with Crippen LogP contribution in [0.5, 0.6) is 0 Å². The summed E-state index contributed by atoms with van der Waals surface area (Å²) in [4.78, 5) is 8.22. The van der Waals surface area contributed by atoms with E-state index in [1.54, 1.807) is 24.5 Å². The summed E-state index contributed by atoms with van der Waals surface area (Å²) < 4.78 is 27.8. The Labute approximate surface area is 135 Å². The molecule has 0 aliphatic rings. The molecule has 2 heterocycles. The van der Waals surface area contributed by atoms with E-state index in [1.807, 2.05) is 0 Å². The highest BCUT2D eigenvalue weighted by atomic mass is 19.1. The molecule has 3 rings (SSSR count). The van der Waals surface area contributed by atoms with Gasteiger partial charge in [0.2, 0.25) is 5.95 Å². The molecule has 0 radical (unpaired) electrons. The van der Waals surface area contributed by atoms with Crippen LogP contribution in [0.1, 0.15) is 11.1 Å². The maximum atomic E-state index is 14.0. The smallest absolute Gasteiger partial charge is 0.229 e. The lowest BCUT2D eigenvalue weighted by atomic mass is 10.1. The van der Waals surface area contributed by atoms with Crippen molar-refractivity contribution in [1.82, 2.24) is 20.2 Å². The van der Waals surface area contributed by atoms with Gasteiger partial charge in [-0.05, 0) is 18.2 Å². The van der Waals surface area contributed by atoms with E-state index in [-0.39, 0.29) is 17.7 Å². The van der Waals surface area contributed by atoms with E-state index < -0.39 is 11.6 Å². The van der Waals surface area contributed by atoms with Crippen LogP contribution in [0.3, 0.4) is 0 Å². The molecular formula is C15H11F2N7. The van der Waals surface area contributed by atoms with Crippen LogP contribution in [0.15, 0.2) is 36.8 Å². The van der Waals surface area contributed by atoms with Crippen molar-refractivity contribution in [3.8, 4) is 6.07 Å². The van der Waals surface area contributed by atoms with Crippen LogP contribution >= 0.6 is 0 Å².